The zero-order valence-corrected chi connectivity index (χ0v) is 16.7. The minimum Gasteiger partial charge on any atom is -0.493 e. The lowest BCUT2D eigenvalue weighted by Crippen LogP contribution is -2.19. The molecule has 0 spiro atoms. The van der Waals surface area contributed by atoms with E-state index in [0.717, 1.165) is 23.5 Å². The molecule has 1 aromatic carbocycles. The van der Waals surface area contributed by atoms with Gasteiger partial charge in [0.1, 0.15) is 23.7 Å². The summed E-state index contributed by atoms with van der Waals surface area (Å²) in [6.45, 7) is 7.80. The predicted octanol–water partition coefficient (Wildman–Crippen LogP) is 4.12. The second-order valence-electron chi connectivity index (χ2n) is 7.36. The van der Waals surface area contributed by atoms with Gasteiger partial charge >= 0.3 is 5.97 Å². The first-order valence-electron chi connectivity index (χ1n) is 9.83. The fourth-order valence-electron chi connectivity index (χ4n) is 3.04. The van der Waals surface area contributed by atoms with Crippen molar-refractivity contribution < 1.29 is 19.4 Å². The van der Waals surface area contributed by atoms with Crippen molar-refractivity contribution in [2.24, 2.45) is 5.92 Å². The molecule has 0 amide bonds. The molecule has 0 radical (unpaired) electrons. The lowest BCUT2D eigenvalue weighted by atomic mass is 10.0. The minimum absolute atomic E-state index is 0.228. The largest absolute Gasteiger partial charge is 0.493 e. The van der Waals surface area contributed by atoms with Crippen LogP contribution in [-0.4, -0.2) is 28.9 Å². The number of pyridine rings is 1. The molecule has 1 aliphatic heterocycles. The van der Waals surface area contributed by atoms with Crippen molar-refractivity contribution in [2.75, 3.05) is 13.2 Å². The van der Waals surface area contributed by atoms with Gasteiger partial charge in [-0.25, -0.2) is 4.79 Å². The van der Waals surface area contributed by atoms with Crippen molar-refractivity contribution in [1.29, 1.82) is 0 Å². The number of aromatic carboxylic acids is 1. The Morgan fingerprint density at radius 3 is 2.64 bits per heavy atom. The zero-order chi connectivity index (χ0) is 20.3. The topological polar surface area (TPSA) is 77.8 Å². The summed E-state index contributed by atoms with van der Waals surface area (Å²) in [6, 6.07) is 5.19. The van der Waals surface area contributed by atoms with Crippen LogP contribution in [-0.2, 0) is 6.54 Å². The van der Waals surface area contributed by atoms with Crippen LogP contribution in [0.25, 0.3) is 11.3 Å². The molecule has 150 valence electrons. The minimum atomic E-state index is -1.22. The monoisotopic (exact) mass is 385 g/mol. The number of hydrogen-bond acceptors (Lipinski definition) is 4. The summed E-state index contributed by atoms with van der Waals surface area (Å²) in [5.41, 5.74) is 1.68. The van der Waals surface area contributed by atoms with E-state index < -0.39 is 11.4 Å². The first kappa shape index (κ1) is 20.0. The van der Waals surface area contributed by atoms with Crippen LogP contribution in [0.15, 0.2) is 29.2 Å². The van der Waals surface area contributed by atoms with E-state index in [0.29, 0.717) is 30.5 Å². The molecule has 2 aliphatic rings. The molecule has 2 aromatic rings. The van der Waals surface area contributed by atoms with Gasteiger partial charge in [-0.2, -0.15) is 0 Å². The molecule has 0 atom stereocenters. The molecular weight excluding hydrogens is 358 g/mol. The van der Waals surface area contributed by atoms with Crippen LogP contribution in [0.1, 0.15) is 49.0 Å². The second kappa shape index (κ2) is 8.50. The van der Waals surface area contributed by atoms with Gasteiger partial charge in [0.25, 0.3) is 0 Å². The van der Waals surface area contributed by atoms with Gasteiger partial charge in [-0.15, -0.1) is 0 Å². The summed E-state index contributed by atoms with van der Waals surface area (Å²) in [5, 5.41) is 9.16. The molecule has 0 unspecified atom stereocenters. The maximum absolute atomic E-state index is 12.1. The highest BCUT2D eigenvalue weighted by Gasteiger charge is 2.24. The Kier molecular flexibility index (Phi) is 6.07. The normalized spacial score (nSPS) is 14.5. The maximum Gasteiger partial charge on any atom is 0.341 e. The number of benzene rings is 1. The molecule has 28 heavy (non-hydrogen) atoms. The molecule has 6 heteroatoms. The number of fused-ring (bicyclic) bond motifs is 3. The van der Waals surface area contributed by atoms with Crippen LogP contribution in [0, 0.1) is 12.8 Å². The summed E-state index contributed by atoms with van der Waals surface area (Å²) >= 11 is 0. The van der Waals surface area contributed by atoms with E-state index in [-0.39, 0.29) is 5.56 Å². The molecule has 1 saturated carbocycles. The van der Waals surface area contributed by atoms with Crippen molar-refractivity contribution in [2.45, 2.75) is 46.6 Å². The molecule has 4 rings (SSSR count). The number of ether oxygens (including phenoxy) is 2. The highest BCUT2D eigenvalue weighted by molar-refractivity contribution is 5.87. The number of aromatic nitrogens is 1. The molecule has 2 heterocycles. The average Bonchev–Trinajstić information content (AvgIpc) is 3.47. The summed E-state index contributed by atoms with van der Waals surface area (Å²) in [7, 11) is 0. The lowest BCUT2D eigenvalue weighted by Gasteiger charge is -2.15. The third-order valence-corrected chi connectivity index (χ3v) is 4.67. The lowest BCUT2D eigenvalue weighted by molar-refractivity contribution is 0.0694. The fourth-order valence-corrected chi connectivity index (χ4v) is 3.04. The molecule has 1 fully saturated rings. The first-order chi connectivity index (χ1) is 13.4. The number of carbonyl (C=O) groups is 1. The van der Waals surface area contributed by atoms with E-state index in [1.807, 2.05) is 19.1 Å². The van der Waals surface area contributed by atoms with Gasteiger partial charge in [-0.3, -0.25) is 4.79 Å². The van der Waals surface area contributed by atoms with Crippen molar-refractivity contribution in [3.8, 4) is 22.8 Å². The maximum atomic E-state index is 12.1. The first-order valence-corrected chi connectivity index (χ1v) is 9.83. The molecule has 0 bridgehead atoms. The Hall–Kier alpha value is -2.76. The van der Waals surface area contributed by atoms with E-state index in [1.165, 1.54) is 31.5 Å². The SMILES string of the molecule is CCC.Cc1cc2c(cc1OCC1CC1)OCCn1cc(C(=O)O)c(=O)cc1-2. The van der Waals surface area contributed by atoms with Crippen LogP contribution in [0.4, 0.5) is 0 Å². The second-order valence-corrected chi connectivity index (χ2v) is 7.36. The number of nitrogens with zero attached hydrogens (tertiary/aromatic N) is 1. The van der Waals surface area contributed by atoms with Crippen LogP contribution >= 0.6 is 0 Å². The Morgan fingerprint density at radius 2 is 2.00 bits per heavy atom. The van der Waals surface area contributed by atoms with Crippen LogP contribution in [0.5, 0.6) is 11.5 Å². The standard InChI is InChI=1S/C19H19NO5.C3H8/c1-11-6-13-15-7-16(21)14(19(22)23)9-20(15)4-5-24-18(13)8-17(11)25-10-12-2-3-12;1-3-2/h6-9,12H,2-5,10H2,1H3,(H,22,23);3H2,1-2H3. The van der Waals surface area contributed by atoms with E-state index in [9.17, 15) is 9.59 Å². The third-order valence-electron chi connectivity index (χ3n) is 4.67. The Bertz CT molecular complexity index is 927. The molecule has 1 aromatic heterocycles. The summed E-state index contributed by atoms with van der Waals surface area (Å²) in [6.07, 6.45) is 5.09. The average molecular weight is 385 g/mol. The highest BCUT2D eigenvalue weighted by atomic mass is 16.5. The van der Waals surface area contributed by atoms with Crippen molar-refractivity contribution in [3.63, 3.8) is 0 Å². The van der Waals surface area contributed by atoms with Gasteiger partial charge < -0.3 is 19.1 Å². The van der Waals surface area contributed by atoms with Gasteiger partial charge in [0.15, 0.2) is 5.43 Å². The van der Waals surface area contributed by atoms with Gasteiger partial charge in [0.2, 0.25) is 0 Å². The fraction of sp³-hybridized carbons (Fsp3) is 0.455. The molecular formula is C22H27NO5. The Balaban J connectivity index is 0.000000706. The van der Waals surface area contributed by atoms with Gasteiger partial charge in [-0.05, 0) is 37.3 Å². The predicted molar refractivity (Wildman–Crippen MR) is 108 cm³/mol. The van der Waals surface area contributed by atoms with Gasteiger partial charge in [-0.1, -0.05) is 20.3 Å². The Labute approximate surface area is 164 Å². The number of rotatable bonds is 4. The summed E-state index contributed by atoms with van der Waals surface area (Å²) in [4.78, 5) is 23.3. The number of aryl methyl sites for hydroxylation is 1. The van der Waals surface area contributed by atoms with Gasteiger partial charge in [0.05, 0.1) is 18.8 Å². The number of carboxylic acid groups (broad SMARTS) is 1. The molecule has 1 aliphatic carbocycles. The Morgan fingerprint density at radius 1 is 1.29 bits per heavy atom. The van der Waals surface area contributed by atoms with E-state index in [4.69, 9.17) is 14.6 Å². The number of hydrogen-bond donors (Lipinski definition) is 1. The molecule has 6 nitrogen and oxygen atoms in total. The third kappa shape index (κ3) is 4.38. The van der Waals surface area contributed by atoms with E-state index in [1.54, 1.807) is 4.57 Å². The molecule has 0 saturated heterocycles. The number of carboxylic acids is 1. The van der Waals surface area contributed by atoms with Crippen LogP contribution < -0.4 is 14.9 Å². The van der Waals surface area contributed by atoms with Crippen molar-refractivity contribution in [1.82, 2.24) is 4.57 Å². The summed E-state index contributed by atoms with van der Waals surface area (Å²) < 4.78 is 13.5. The quantitative estimate of drug-likeness (QED) is 0.857. The molecule has 1 N–H and O–H groups in total. The van der Waals surface area contributed by atoms with Crippen molar-refractivity contribution >= 4 is 5.97 Å². The van der Waals surface area contributed by atoms with Crippen LogP contribution in [0.3, 0.4) is 0 Å². The van der Waals surface area contributed by atoms with Gasteiger partial charge in [0, 0.05) is 23.9 Å². The summed E-state index contributed by atoms with van der Waals surface area (Å²) in [5.74, 6) is 0.896. The zero-order valence-electron chi connectivity index (χ0n) is 16.7. The van der Waals surface area contributed by atoms with E-state index in [2.05, 4.69) is 13.8 Å². The van der Waals surface area contributed by atoms with E-state index >= 15 is 0 Å². The smallest absolute Gasteiger partial charge is 0.341 e. The van der Waals surface area contributed by atoms with Crippen molar-refractivity contribution in [3.05, 3.63) is 45.7 Å². The van der Waals surface area contributed by atoms with Crippen LogP contribution in [0.2, 0.25) is 0 Å². The highest BCUT2D eigenvalue weighted by Crippen LogP contribution is 2.38.